The van der Waals surface area contributed by atoms with Crippen molar-refractivity contribution in [3.05, 3.63) is 59.9 Å². The first kappa shape index (κ1) is 41.5. The number of cyclic esters (lactones) is 1. The molecule has 0 saturated carbocycles. The van der Waals surface area contributed by atoms with Crippen LogP contribution in [0.2, 0.25) is 0 Å². The molecule has 1 aromatic heterocycles. The number of carbonyl (C=O) groups excluding carboxylic acids is 6. The Labute approximate surface area is 340 Å². The summed E-state index contributed by atoms with van der Waals surface area (Å²) in [6.07, 6.45) is 3.00. The molecule has 59 heavy (non-hydrogen) atoms. The SMILES string of the molecule is C[C@H]1C[C@H]2C(=O)O[C@@H](C)[C@H](NC(=O)[C@H](Cc3cc(F)cc(F)c3)NC(=O)Nc3ccc4nc[nH]c4c3)C(=O)N3CCC[C@H]3C(=O)N3CCCC[C@H]3C(=O)N[C@@H](C)CN2C1. The second-order valence-corrected chi connectivity index (χ2v) is 16.3. The number of imidazole rings is 1. The van der Waals surface area contributed by atoms with Crippen LogP contribution in [0.1, 0.15) is 64.9 Å². The summed E-state index contributed by atoms with van der Waals surface area (Å²) in [5.74, 6) is -4.57. The highest BCUT2D eigenvalue weighted by Crippen LogP contribution is 2.28. The van der Waals surface area contributed by atoms with Gasteiger partial charge in [0.25, 0.3) is 0 Å². The van der Waals surface area contributed by atoms with E-state index in [-0.39, 0.29) is 42.3 Å². The molecule has 2 aromatic carbocycles. The second-order valence-electron chi connectivity index (χ2n) is 16.3. The van der Waals surface area contributed by atoms with Gasteiger partial charge in [0.1, 0.15) is 47.9 Å². The highest BCUT2D eigenvalue weighted by molar-refractivity contribution is 5.98. The molecule has 0 bridgehead atoms. The lowest BCUT2D eigenvalue weighted by Crippen LogP contribution is -2.62. The van der Waals surface area contributed by atoms with Crippen LogP contribution in [0.3, 0.4) is 0 Å². The van der Waals surface area contributed by atoms with Gasteiger partial charge >= 0.3 is 12.0 Å². The maximum Gasteiger partial charge on any atom is 0.323 e. The Hall–Kier alpha value is -5.65. The average molecular weight is 820 g/mol. The van der Waals surface area contributed by atoms with Crippen molar-refractivity contribution in [1.82, 2.24) is 40.6 Å². The summed E-state index contributed by atoms with van der Waals surface area (Å²) < 4.78 is 34.8. The quantitative estimate of drug-likeness (QED) is 0.232. The number of rotatable bonds is 6. The topological polar surface area (TPSA) is 198 Å². The van der Waals surface area contributed by atoms with Gasteiger partial charge in [-0.15, -0.1) is 0 Å². The second kappa shape index (κ2) is 17.7. The van der Waals surface area contributed by atoms with Crippen molar-refractivity contribution >= 4 is 52.3 Å². The molecule has 4 aliphatic rings. The summed E-state index contributed by atoms with van der Waals surface area (Å²) in [5.41, 5.74) is 1.69. The number of aromatic amines is 1. The fraction of sp³-hybridized carbons (Fsp3) is 0.537. The molecule has 4 fully saturated rings. The van der Waals surface area contributed by atoms with Gasteiger partial charge in [-0.1, -0.05) is 6.92 Å². The first-order valence-electron chi connectivity index (χ1n) is 20.4. The molecule has 4 saturated heterocycles. The summed E-state index contributed by atoms with van der Waals surface area (Å²) in [6.45, 7) is 6.74. The van der Waals surface area contributed by atoms with Gasteiger partial charge in [-0.2, -0.15) is 0 Å². The van der Waals surface area contributed by atoms with E-state index in [2.05, 4.69) is 31.2 Å². The van der Waals surface area contributed by atoms with Gasteiger partial charge in [-0.25, -0.2) is 18.6 Å². The molecule has 316 valence electrons. The van der Waals surface area contributed by atoms with E-state index in [1.807, 2.05) is 18.7 Å². The number of anilines is 1. The molecule has 0 unspecified atom stereocenters. The van der Waals surface area contributed by atoms with Gasteiger partial charge in [0.05, 0.1) is 17.4 Å². The number of hydrogen-bond donors (Lipinski definition) is 5. The van der Waals surface area contributed by atoms with Crippen LogP contribution in [0, 0.1) is 17.6 Å². The zero-order chi connectivity index (χ0) is 42.0. The zero-order valence-corrected chi connectivity index (χ0v) is 33.3. The monoisotopic (exact) mass is 819 g/mol. The van der Waals surface area contributed by atoms with Gasteiger partial charge in [0, 0.05) is 50.4 Å². The number of nitrogens with zero attached hydrogens (tertiary/aromatic N) is 4. The van der Waals surface area contributed by atoms with E-state index >= 15 is 0 Å². The standard InChI is InChI=1S/C41H51F2N9O7/c1-22-13-34-40(57)59-24(3)35(39(56)52-12-6-8-33(52)38(55)51-11-5-4-7-32(51)37(54)46-23(2)20-50(34)19-22)49-36(53)31(16-25-14-26(42)17-27(43)15-25)48-41(58)47-28-9-10-29-30(18-28)45-21-44-29/h9-10,14-15,17-18,21-24,31-35H,4-8,11-13,16,19-20H2,1-3H3,(H,44,45)(H,46,54)(H,49,53)(H2,47,48,58)/t22-,23-,24-,31-,32-,33-,34-,35-/m0/s1. The van der Waals surface area contributed by atoms with Crippen molar-refractivity contribution < 1.29 is 42.3 Å². The van der Waals surface area contributed by atoms with Crippen LogP contribution < -0.4 is 21.3 Å². The smallest absolute Gasteiger partial charge is 0.323 e. The first-order chi connectivity index (χ1) is 28.2. The summed E-state index contributed by atoms with van der Waals surface area (Å²) in [6, 6.07) is 1.04. The molecular formula is C41H51F2N9O7. The van der Waals surface area contributed by atoms with Crippen molar-refractivity contribution in [2.45, 2.75) is 108 Å². The Morgan fingerprint density at radius 2 is 1.63 bits per heavy atom. The van der Waals surface area contributed by atoms with Crippen LogP contribution >= 0.6 is 0 Å². The molecule has 0 spiro atoms. The van der Waals surface area contributed by atoms with Crippen molar-refractivity contribution in [1.29, 1.82) is 0 Å². The minimum atomic E-state index is -1.54. The lowest BCUT2D eigenvalue weighted by Gasteiger charge is -2.40. The number of esters is 1. The van der Waals surface area contributed by atoms with Gasteiger partial charge in [-0.05, 0) is 94.2 Å². The van der Waals surface area contributed by atoms with Gasteiger partial charge in [0.2, 0.25) is 23.6 Å². The van der Waals surface area contributed by atoms with E-state index in [1.165, 1.54) is 18.2 Å². The van der Waals surface area contributed by atoms with Crippen molar-refractivity contribution in [2.24, 2.45) is 5.92 Å². The van der Waals surface area contributed by atoms with Crippen molar-refractivity contribution in [3.8, 4) is 0 Å². The number of carbonyl (C=O) groups is 6. The third-order valence-corrected chi connectivity index (χ3v) is 11.7. The van der Waals surface area contributed by atoms with Gasteiger partial charge in [-0.3, -0.25) is 28.9 Å². The van der Waals surface area contributed by atoms with Gasteiger partial charge < -0.3 is 40.8 Å². The number of ether oxygens (including phenoxy) is 1. The molecule has 0 radical (unpaired) electrons. The number of hydrogen-bond acceptors (Lipinski definition) is 9. The molecule has 16 nitrogen and oxygen atoms in total. The Morgan fingerprint density at radius 3 is 2.41 bits per heavy atom. The molecule has 3 aromatic rings. The van der Waals surface area contributed by atoms with Crippen LogP contribution in [0.5, 0.6) is 0 Å². The summed E-state index contributed by atoms with van der Waals surface area (Å²) in [5, 5.41) is 11.0. The number of H-pyrrole nitrogens is 1. The van der Waals surface area contributed by atoms with Gasteiger partial charge in [0.15, 0.2) is 0 Å². The Bertz CT molecular complexity index is 2080. The number of urea groups is 1. The Kier molecular flexibility index (Phi) is 12.4. The van der Waals surface area contributed by atoms with Crippen molar-refractivity contribution in [2.75, 3.05) is 31.5 Å². The first-order valence-corrected chi connectivity index (χ1v) is 20.4. The predicted molar refractivity (Wildman–Crippen MR) is 210 cm³/mol. The van der Waals surface area contributed by atoms with Crippen molar-refractivity contribution in [3.63, 3.8) is 0 Å². The Balaban J connectivity index is 1.19. The average Bonchev–Trinajstić information content (AvgIpc) is 3.95. The highest BCUT2D eigenvalue weighted by Gasteiger charge is 2.46. The fourth-order valence-electron chi connectivity index (χ4n) is 8.92. The highest BCUT2D eigenvalue weighted by atomic mass is 19.1. The summed E-state index contributed by atoms with van der Waals surface area (Å²) in [4.78, 5) is 96.5. The number of nitrogens with one attached hydrogen (secondary N) is 5. The molecule has 0 aliphatic carbocycles. The van der Waals surface area contributed by atoms with Crippen LogP contribution in [-0.2, 0) is 35.1 Å². The normalized spacial score (nSPS) is 27.6. The van der Waals surface area contributed by atoms with E-state index < -0.39 is 71.8 Å². The maximum atomic E-state index is 14.7. The van der Waals surface area contributed by atoms with Crippen LogP contribution in [0.4, 0.5) is 19.3 Å². The largest absolute Gasteiger partial charge is 0.459 e. The zero-order valence-electron chi connectivity index (χ0n) is 33.3. The molecule has 8 atom stereocenters. The number of piperidine rings is 1. The van der Waals surface area contributed by atoms with E-state index in [4.69, 9.17) is 4.74 Å². The molecule has 5 N–H and O–H groups in total. The van der Waals surface area contributed by atoms with E-state index in [0.29, 0.717) is 74.5 Å². The van der Waals surface area contributed by atoms with Crippen LogP contribution in [-0.4, -0.2) is 129 Å². The minimum Gasteiger partial charge on any atom is -0.459 e. The molecule has 7 rings (SSSR count). The van der Waals surface area contributed by atoms with Crippen LogP contribution in [0.15, 0.2) is 42.7 Å². The molecule has 5 heterocycles. The minimum absolute atomic E-state index is 0.0422. The predicted octanol–water partition coefficient (Wildman–Crippen LogP) is 2.59. The van der Waals surface area contributed by atoms with E-state index in [1.54, 1.807) is 23.1 Å². The lowest BCUT2D eigenvalue weighted by atomic mass is 9.99. The maximum absolute atomic E-state index is 14.7. The van der Waals surface area contributed by atoms with E-state index in [9.17, 15) is 37.5 Å². The summed E-state index contributed by atoms with van der Waals surface area (Å²) in [7, 11) is 0. The third kappa shape index (κ3) is 9.47. The molecular weight excluding hydrogens is 769 g/mol. The molecule has 18 heteroatoms. The number of fused-ring (bicyclic) bond motifs is 4. The Morgan fingerprint density at radius 1 is 0.898 bits per heavy atom. The number of benzene rings is 2. The van der Waals surface area contributed by atoms with Crippen LogP contribution in [0.25, 0.3) is 11.0 Å². The lowest BCUT2D eigenvalue weighted by molar-refractivity contribution is -0.160. The van der Waals surface area contributed by atoms with E-state index in [0.717, 1.165) is 18.6 Å². The summed E-state index contributed by atoms with van der Waals surface area (Å²) >= 11 is 0. The third-order valence-electron chi connectivity index (χ3n) is 11.7. The molecule has 6 amide bonds. The number of amides is 6. The number of aromatic nitrogens is 2. The molecule has 4 aliphatic heterocycles. The number of halogens is 2. The fourth-order valence-corrected chi connectivity index (χ4v) is 8.92.